The highest BCUT2D eigenvalue weighted by Crippen LogP contribution is 2.25. The maximum Gasteiger partial charge on any atom is 0.126 e. The minimum atomic E-state index is -0.127. The summed E-state index contributed by atoms with van der Waals surface area (Å²) in [4.78, 5) is 4.78. The predicted octanol–water partition coefficient (Wildman–Crippen LogP) is 2.03. The van der Waals surface area contributed by atoms with Gasteiger partial charge in [0.15, 0.2) is 0 Å². The van der Waals surface area contributed by atoms with E-state index in [1.165, 1.54) is 5.56 Å². The molecule has 112 valence electrons. The SMILES string of the molecule is CCNC(c1ccc(F)c(C)c1)C1CN(C)CCN1C. The van der Waals surface area contributed by atoms with Crippen LogP contribution in [-0.4, -0.2) is 56.1 Å². The molecule has 0 aliphatic carbocycles. The van der Waals surface area contributed by atoms with Crippen LogP contribution in [0.3, 0.4) is 0 Å². The van der Waals surface area contributed by atoms with Crippen molar-refractivity contribution >= 4 is 0 Å². The van der Waals surface area contributed by atoms with E-state index < -0.39 is 0 Å². The van der Waals surface area contributed by atoms with Crippen LogP contribution in [0.1, 0.15) is 24.1 Å². The molecule has 20 heavy (non-hydrogen) atoms. The van der Waals surface area contributed by atoms with Crippen LogP contribution in [0.25, 0.3) is 0 Å². The minimum Gasteiger partial charge on any atom is -0.309 e. The molecule has 4 heteroatoms. The number of aryl methyl sites for hydroxylation is 1. The van der Waals surface area contributed by atoms with Crippen molar-refractivity contribution in [3.8, 4) is 0 Å². The van der Waals surface area contributed by atoms with Crippen LogP contribution < -0.4 is 5.32 Å². The Balaban J connectivity index is 2.27. The van der Waals surface area contributed by atoms with Crippen molar-refractivity contribution in [3.05, 3.63) is 35.1 Å². The molecule has 0 bridgehead atoms. The first kappa shape index (κ1) is 15.4. The molecule has 1 aliphatic heterocycles. The van der Waals surface area contributed by atoms with Crippen molar-refractivity contribution < 1.29 is 4.39 Å². The van der Waals surface area contributed by atoms with Crippen LogP contribution in [0.5, 0.6) is 0 Å². The van der Waals surface area contributed by atoms with Crippen molar-refractivity contribution in [1.29, 1.82) is 0 Å². The molecule has 1 heterocycles. The minimum absolute atomic E-state index is 0.127. The Hall–Kier alpha value is -0.970. The normalized spacial score (nSPS) is 22.9. The fraction of sp³-hybridized carbons (Fsp3) is 0.625. The molecule has 0 amide bonds. The van der Waals surface area contributed by atoms with E-state index >= 15 is 0 Å². The highest BCUT2D eigenvalue weighted by Gasteiger charge is 2.30. The largest absolute Gasteiger partial charge is 0.309 e. The Labute approximate surface area is 121 Å². The lowest BCUT2D eigenvalue weighted by Crippen LogP contribution is -2.55. The fourth-order valence-electron chi connectivity index (χ4n) is 2.96. The van der Waals surface area contributed by atoms with Crippen molar-refractivity contribution in [2.24, 2.45) is 0 Å². The average molecular weight is 279 g/mol. The number of likely N-dealkylation sites (N-methyl/N-ethyl adjacent to an activating group) is 3. The molecule has 1 fully saturated rings. The van der Waals surface area contributed by atoms with Gasteiger partial charge in [0.05, 0.1) is 0 Å². The summed E-state index contributed by atoms with van der Waals surface area (Å²) in [6.07, 6.45) is 0. The van der Waals surface area contributed by atoms with E-state index in [4.69, 9.17) is 0 Å². The number of piperazine rings is 1. The van der Waals surface area contributed by atoms with Gasteiger partial charge in [-0.2, -0.15) is 0 Å². The van der Waals surface area contributed by atoms with Crippen LogP contribution in [0.2, 0.25) is 0 Å². The van der Waals surface area contributed by atoms with Gasteiger partial charge >= 0.3 is 0 Å². The van der Waals surface area contributed by atoms with E-state index in [1.807, 2.05) is 19.1 Å². The molecular formula is C16H26FN3. The topological polar surface area (TPSA) is 18.5 Å². The average Bonchev–Trinajstić information content (AvgIpc) is 2.42. The van der Waals surface area contributed by atoms with E-state index in [9.17, 15) is 4.39 Å². The van der Waals surface area contributed by atoms with Gasteiger partial charge in [-0.1, -0.05) is 19.1 Å². The zero-order chi connectivity index (χ0) is 14.7. The van der Waals surface area contributed by atoms with Crippen LogP contribution in [0.15, 0.2) is 18.2 Å². The molecule has 1 N–H and O–H groups in total. The summed E-state index contributed by atoms with van der Waals surface area (Å²) in [5, 5.41) is 3.58. The number of nitrogens with one attached hydrogen (secondary N) is 1. The third-order valence-electron chi connectivity index (χ3n) is 4.25. The van der Waals surface area contributed by atoms with Crippen molar-refractivity contribution in [2.45, 2.75) is 25.9 Å². The molecule has 1 aliphatic rings. The van der Waals surface area contributed by atoms with Gasteiger partial charge in [-0.15, -0.1) is 0 Å². The highest BCUT2D eigenvalue weighted by atomic mass is 19.1. The lowest BCUT2D eigenvalue weighted by molar-refractivity contribution is 0.0880. The number of benzene rings is 1. The van der Waals surface area contributed by atoms with E-state index in [0.717, 1.165) is 31.7 Å². The van der Waals surface area contributed by atoms with Gasteiger partial charge in [-0.3, -0.25) is 4.90 Å². The van der Waals surface area contributed by atoms with Crippen molar-refractivity contribution in [1.82, 2.24) is 15.1 Å². The molecule has 3 nitrogen and oxygen atoms in total. The predicted molar refractivity (Wildman–Crippen MR) is 81.5 cm³/mol. The number of halogens is 1. The summed E-state index contributed by atoms with van der Waals surface area (Å²) in [5.74, 6) is -0.127. The summed E-state index contributed by atoms with van der Waals surface area (Å²) in [6.45, 7) is 8.08. The third kappa shape index (κ3) is 3.37. The molecule has 0 radical (unpaired) electrons. The Morgan fingerprint density at radius 2 is 2.10 bits per heavy atom. The van der Waals surface area contributed by atoms with Gasteiger partial charge in [-0.25, -0.2) is 4.39 Å². The molecule has 2 atom stereocenters. The van der Waals surface area contributed by atoms with E-state index in [1.54, 1.807) is 6.07 Å². The van der Waals surface area contributed by atoms with Crippen molar-refractivity contribution in [3.63, 3.8) is 0 Å². The van der Waals surface area contributed by atoms with Crippen LogP contribution in [-0.2, 0) is 0 Å². The maximum absolute atomic E-state index is 13.5. The number of hydrogen-bond acceptors (Lipinski definition) is 3. The summed E-state index contributed by atoms with van der Waals surface area (Å²) < 4.78 is 13.5. The third-order valence-corrected chi connectivity index (χ3v) is 4.25. The van der Waals surface area contributed by atoms with Crippen LogP contribution in [0.4, 0.5) is 4.39 Å². The van der Waals surface area contributed by atoms with E-state index in [-0.39, 0.29) is 11.9 Å². The van der Waals surface area contributed by atoms with Crippen LogP contribution >= 0.6 is 0 Å². The molecule has 1 aromatic carbocycles. The second-order valence-corrected chi connectivity index (χ2v) is 5.85. The van der Waals surface area contributed by atoms with Gasteiger partial charge in [-0.05, 0) is 44.8 Å². The molecule has 2 unspecified atom stereocenters. The van der Waals surface area contributed by atoms with Gasteiger partial charge in [0, 0.05) is 31.7 Å². The number of nitrogens with zero attached hydrogens (tertiary/aromatic N) is 2. The summed E-state index contributed by atoms with van der Waals surface area (Å²) in [7, 11) is 4.34. The molecule has 0 aromatic heterocycles. The molecule has 2 rings (SSSR count). The Morgan fingerprint density at radius 3 is 2.75 bits per heavy atom. The number of rotatable bonds is 4. The van der Waals surface area contributed by atoms with Gasteiger partial charge < -0.3 is 10.2 Å². The molecular weight excluding hydrogens is 253 g/mol. The fourth-order valence-corrected chi connectivity index (χ4v) is 2.96. The lowest BCUT2D eigenvalue weighted by Gasteiger charge is -2.42. The monoisotopic (exact) mass is 279 g/mol. The zero-order valence-corrected chi connectivity index (χ0v) is 13.0. The smallest absolute Gasteiger partial charge is 0.126 e. The second kappa shape index (κ2) is 6.66. The van der Waals surface area contributed by atoms with Gasteiger partial charge in [0.2, 0.25) is 0 Å². The first-order valence-corrected chi connectivity index (χ1v) is 7.41. The first-order chi connectivity index (χ1) is 9.52. The standard InChI is InChI=1S/C16H26FN3/c1-5-18-16(13-6-7-14(17)12(2)10-13)15-11-19(3)8-9-20(15)4/h6-7,10,15-16,18H,5,8-9,11H2,1-4H3. The van der Waals surface area contributed by atoms with E-state index in [0.29, 0.717) is 6.04 Å². The quantitative estimate of drug-likeness (QED) is 0.910. The summed E-state index contributed by atoms with van der Waals surface area (Å²) in [6, 6.07) is 6.13. The maximum atomic E-state index is 13.5. The first-order valence-electron chi connectivity index (χ1n) is 7.41. The molecule has 1 aromatic rings. The molecule has 1 saturated heterocycles. The van der Waals surface area contributed by atoms with Gasteiger partial charge in [0.1, 0.15) is 5.82 Å². The molecule has 0 spiro atoms. The Kier molecular flexibility index (Phi) is 5.13. The van der Waals surface area contributed by atoms with Gasteiger partial charge in [0.25, 0.3) is 0 Å². The Morgan fingerprint density at radius 1 is 1.35 bits per heavy atom. The lowest BCUT2D eigenvalue weighted by atomic mass is 9.95. The number of hydrogen-bond donors (Lipinski definition) is 1. The molecule has 0 saturated carbocycles. The highest BCUT2D eigenvalue weighted by molar-refractivity contribution is 5.28. The van der Waals surface area contributed by atoms with E-state index in [2.05, 4.69) is 36.1 Å². The second-order valence-electron chi connectivity index (χ2n) is 5.85. The van der Waals surface area contributed by atoms with Crippen LogP contribution in [0, 0.1) is 12.7 Å². The van der Waals surface area contributed by atoms with Crippen molar-refractivity contribution in [2.75, 3.05) is 40.3 Å². The summed E-state index contributed by atoms with van der Waals surface area (Å²) in [5.41, 5.74) is 1.90. The summed E-state index contributed by atoms with van der Waals surface area (Å²) >= 11 is 0. The Bertz CT molecular complexity index is 449. The zero-order valence-electron chi connectivity index (χ0n) is 13.0.